The molecule has 0 amide bonds. The van der Waals surface area contributed by atoms with Gasteiger partial charge in [0.05, 0.1) is 0 Å². The molecule has 2 aliphatic heterocycles. The Balaban J connectivity index is 1.81. The standard InChI is InChI=1S/C26H32O9/c1-11-15-9-16(32-12(2)27)20-25-17(24(5,6)8-7-18(25)33-13(3)28)10-19(35-23(25)31)26(20,21(11)30)22(15)34-14(4)29/h15-20,22H,1,7-10H2,2-6H3/t15-,16-,17+,18+,19-,20-,22+,25+,26+/m0/s1. The fourth-order valence-corrected chi connectivity index (χ4v) is 8.55. The van der Waals surface area contributed by atoms with Gasteiger partial charge in [0.25, 0.3) is 0 Å². The van der Waals surface area contributed by atoms with Gasteiger partial charge in [0.15, 0.2) is 5.78 Å². The van der Waals surface area contributed by atoms with Crippen molar-refractivity contribution in [3.63, 3.8) is 0 Å². The van der Waals surface area contributed by atoms with Gasteiger partial charge in [0.1, 0.15) is 35.2 Å². The molecule has 9 heteroatoms. The van der Waals surface area contributed by atoms with Gasteiger partial charge in [-0.3, -0.25) is 24.0 Å². The summed E-state index contributed by atoms with van der Waals surface area (Å²) in [6.07, 6.45) is -1.87. The van der Waals surface area contributed by atoms with E-state index in [9.17, 15) is 24.0 Å². The minimum Gasteiger partial charge on any atom is -0.462 e. The van der Waals surface area contributed by atoms with Crippen LogP contribution in [-0.4, -0.2) is 54.1 Å². The molecule has 6 rings (SSSR count). The van der Waals surface area contributed by atoms with E-state index in [-0.39, 0.29) is 29.1 Å². The van der Waals surface area contributed by atoms with E-state index in [1.807, 2.05) is 0 Å². The highest BCUT2D eigenvalue weighted by molar-refractivity contribution is 6.06. The fraction of sp³-hybridized carbons (Fsp3) is 0.731. The van der Waals surface area contributed by atoms with Crippen LogP contribution < -0.4 is 0 Å². The second-order valence-electron chi connectivity index (χ2n) is 11.5. The van der Waals surface area contributed by atoms with E-state index >= 15 is 0 Å². The quantitative estimate of drug-likeness (QED) is 0.334. The summed E-state index contributed by atoms with van der Waals surface area (Å²) in [5, 5.41) is 0. The van der Waals surface area contributed by atoms with E-state index < -0.39 is 71.0 Å². The number of fused-ring (bicyclic) bond motifs is 2. The highest BCUT2D eigenvalue weighted by Gasteiger charge is 2.86. The molecule has 4 saturated carbocycles. The number of carbonyl (C=O) groups is 5. The lowest BCUT2D eigenvalue weighted by atomic mass is 9.36. The number of carbonyl (C=O) groups excluding carboxylic acids is 5. The number of Topliss-reactive ketones (excluding diaryl/α,β-unsaturated/α-hetero) is 1. The summed E-state index contributed by atoms with van der Waals surface area (Å²) >= 11 is 0. The van der Waals surface area contributed by atoms with Crippen molar-refractivity contribution < 1.29 is 42.9 Å². The molecular weight excluding hydrogens is 456 g/mol. The molecule has 2 saturated heterocycles. The van der Waals surface area contributed by atoms with Crippen LogP contribution in [-0.2, 0) is 42.9 Å². The first-order valence-corrected chi connectivity index (χ1v) is 12.3. The maximum atomic E-state index is 14.1. The number of hydrogen-bond donors (Lipinski definition) is 0. The monoisotopic (exact) mass is 488 g/mol. The molecule has 4 aliphatic carbocycles. The van der Waals surface area contributed by atoms with E-state index in [1.54, 1.807) is 0 Å². The molecule has 35 heavy (non-hydrogen) atoms. The summed E-state index contributed by atoms with van der Waals surface area (Å²) in [5.74, 6) is -4.28. The number of esters is 4. The van der Waals surface area contributed by atoms with Gasteiger partial charge in [-0.05, 0) is 42.6 Å². The second-order valence-corrected chi connectivity index (χ2v) is 11.5. The van der Waals surface area contributed by atoms with Crippen molar-refractivity contribution in [2.75, 3.05) is 0 Å². The van der Waals surface area contributed by atoms with Crippen molar-refractivity contribution in [3.05, 3.63) is 12.2 Å². The Labute approximate surface area is 203 Å². The molecule has 0 aromatic heterocycles. The van der Waals surface area contributed by atoms with Crippen molar-refractivity contribution in [2.24, 2.45) is 34.0 Å². The topological polar surface area (TPSA) is 122 Å². The molecule has 4 bridgehead atoms. The summed E-state index contributed by atoms with van der Waals surface area (Å²) in [4.78, 5) is 64.8. The lowest BCUT2D eigenvalue weighted by Gasteiger charge is -2.70. The predicted molar refractivity (Wildman–Crippen MR) is 118 cm³/mol. The second kappa shape index (κ2) is 7.40. The smallest absolute Gasteiger partial charge is 0.316 e. The van der Waals surface area contributed by atoms with Crippen molar-refractivity contribution in [3.8, 4) is 0 Å². The SMILES string of the molecule is C=C1C(=O)[C@@]23[C@@H]([C@@H](OC(C)=O)C[C@@H]1[C@H]2OC(C)=O)[C@@]12C(=O)O[C@H]3C[C@@H]1C(C)(C)CC[C@H]2OC(C)=O. The van der Waals surface area contributed by atoms with E-state index in [4.69, 9.17) is 18.9 Å². The molecule has 6 aliphatic rings. The first-order chi connectivity index (χ1) is 16.3. The number of ether oxygens (including phenoxy) is 4. The Morgan fingerprint density at radius 3 is 2.17 bits per heavy atom. The van der Waals surface area contributed by atoms with E-state index in [0.717, 1.165) is 0 Å². The molecule has 2 heterocycles. The molecular formula is C26H32O9. The van der Waals surface area contributed by atoms with Gasteiger partial charge in [-0.2, -0.15) is 0 Å². The van der Waals surface area contributed by atoms with Gasteiger partial charge in [-0.25, -0.2) is 0 Å². The highest BCUT2D eigenvalue weighted by atomic mass is 16.6. The molecule has 190 valence electrons. The molecule has 0 aromatic carbocycles. The third-order valence-corrected chi connectivity index (χ3v) is 9.46. The van der Waals surface area contributed by atoms with E-state index in [0.29, 0.717) is 19.3 Å². The molecule has 0 N–H and O–H groups in total. The van der Waals surface area contributed by atoms with Crippen LogP contribution in [0.1, 0.15) is 60.3 Å². The Bertz CT molecular complexity index is 1060. The Kier molecular flexibility index (Phi) is 5.07. The van der Waals surface area contributed by atoms with Crippen LogP contribution >= 0.6 is 0 Å². The van der Waals surface area contributed by atoms with E-state index in [2.05, 4.69) is 20.4 Å². The third-order valence-electron chi connectivity index (χ3n) is 9.46. The highest BCUT2D eigenvalue weighted by Crippen LogP contribution is 2.75. The number of ketones is 1. The van der Waals surface area contributed by atoms with Crippen molar-refractivity contribution >= 4 is 29.7 Å². The van der Waals surface area contributed by atoms with Crippen LogP contribution in [0.2, 0.25) is 0 Å². The van der Waals surface area contributed by atoms with Crippen molar-refractivity contribution in [1.29, 1.82) is 0 Å². The van der Waals surface area contributed by atoms with Crippen molar-refractivity contribution in [2.45, 2.75) is 84.7 Å². The third kappa shape index (κ3) is 2.84. The van der Waals surface area contributed by atoms with Crippen LogP contribution in [0.25, 0.3) is 0 Å². The van der Waals surface area contributed by atoms with Crippen LogP contribution in [0.5, 0.6) is 0 Å². The van der Waals surface area contributed by atoms with Crippen molar-refractivity contribution in [1.82, 2.24) is 0 Å². The molecule has 2 spiro atoms. The maximum absolute atomic E-state index is 14.1. The summed E-state index contributed by atoms with van der Waals surface area (Å²) in [6.45, 7) is 12.0. The first-order valence-electron chi connectivity index (χ1n) is 12.3. The van der Waals surface area contributed by atoms with Crippen LogP contribution in [0.15, 0.2) is 12.2 Å². The number of hydrogen-bond acceptors (Lipinski definition) is 9. The zero-order valence-corrected chi connectivity index (χ0v) is 20.8. The normalized spacial score (nSPS) is 44.6. The van der Waals surface area contributed by atoms with E-state index in [1.165, 1.54) is 20.8 Å². The van der Waals surface area contributed by atoms with Crippen LogP contribution in [0.3, 0.4) is 0 Å². The van der Waals surface area contributed by atoms with Crippen LogP contribution in [0.4, 0.5) is 0 Å². The lowest BCUT2D eigenvalue weighted by Crippen LogP contribution is -2.80. The lowest BCUT2D eigenvalue weighted by molar-refractivity contribution is -0.318. The number of rotatable bonds is 3. The minimum atomic E-state index is -1.46. The van der Waals surface area contributed by atoms with Gasteiger partial charge in [0.2, 0.25) is 0 Å². The average Bonchev–Trinajstić information content (AvgIpc) is 2.86. The molecule has 9 atom stereocenters. The largest absolute Gasteiger partial charge is 0.462 e. The Hall–Kier alpha value is -2.71. The van der Waals surface area contributed by atoms with Gasteiger partial charge >= 0.3 is 23.9 Å². The van der Waals surface area contributed by atoms with Gasteiger partial charge < -0.3 is 18.9 Å². The Morgan fingerprint density at radius 1 is 0.943 bits per heavy atom. The Morgan fingerprint density at radius 2 is 1.57 bits per heavy atom. The zero-order valence-electron chi connectivity index (χ0n) is 20.8. The van der Waals surface area contributed by atoms with Crippen LogP contribution in [0, 0.1) is 34.0 Å². The molecule has 0 unspecified atom stereocenters. The summed E-state index contributed by atoms with van der Waals surface area (Å²) < 4.78 is 23.4. The first kappa shape index (κ1) is 24.0. The molecule has 6 fully saturated rings. The zero-order chi connectivity index (χ0) is 25.7. The molecule has 0 radical (unpaired) electrons. The predicted octanol–water partition coefficient (Wildman–Crippen LogP) is 2.29. The summed E-state index contributed by atoms with van der Waals surface area (Å²) in [7, 11) is 0. The maximum Gasteiger partial charge on any atom is 0.316 e. The summed E-state index contributed by atoms with van der Waals surface area (Å²) in [6, 6.07) is 0. The average molecular weight is 489 g/mol. The molecule has 9 nitrogen and oxygen atoms in total. The summed E-state index contributed by atoms with van der Waals surface area (Å²) in [5.41, 5.74) is -2.96. The van der Waals surface area contributed by atoms with Gasteiger partial charge in [0, 0.05) is 32.6 Å². The fourth-order valence-electron chi connectivity index (χ4n) is 8.55. The molecule has 0 aromatic rings. The van der Waals surface area contributed by atoms with Gasteiger partial charge in [-0.15, -0.1) is 0 Å². The van der Waals surface area contributed by atoms with Gasteiger partial charge in [-0.1, -0.05) is 20.4 Å². The minimum absolute atomic E-state index is 0.177.